The predicted octanol–water partition coefficient (Wildman–Crippen LogP) is 2.89. The van der Waals surface area contributed by atoms with Crippen LogP contribution in [0.2, 0.25) is 0 Å². The Bertz CT molecular complexity index is 739. The van der Waals surface area contributed by atoms with Crippen molar-refractivity contribution in [2.24, 2.45) is 11.8 Å². The molecule has 2 fully saturated rings. The number of nitrogens with one attached hydrogen (secondary N) is 1. The topological polar surface area (TPSA) is 66.5 Å². The molecule has 1 saturated carbocycles. The van der Waals surface area contributed by atoms with Crippen LogP contribution in [-0.2, 0) is 27.1 Å². The van der Waals surface area contributed by atoms with E-state index in [1.807, 2.05) is 0 Å². The molecule has 2 aliphatic rings. The summed E-state index contributed by atoms with van der Waals surface area (Å²) in [4.78, 5) is 38.5. The minimum absolute atomic E-state index is 0.115. The van der Waals surface area contributed by atoms with Crippen molar-refractivity contribution in [2.75, 3.05) is 0 Å². The van der Waals surface area contributed by atoms with Gasteiger partial charge in [-0.3, -0.25) is 19.3 Å². The zero-order chi connectivity index (χ0) is 19.8. The fraction of sp³-hybridized carbons (Fsp3) is 0.526. The summed E-state index contributed by atoms with van der Waals surface area (Å²) in [5, 5.41) is 2.52. The van der Waals surface area contributed by atoms with Gasteiger partial charge >= 0.3 is 6.18 Å². The Labute approximate surface area is 154 Å². The summed E-state index contributed by atoms with van der Waals surface area (Å²) in [6.45, 7) is 1.35. The second-order valence-corrected chi connectivity index (χ2v) is 7.14. The van der Waals surface area contributed by atoms with Crippen LogP contribution in [0.1, 0.15) is 43.7 Å². The van der Waals surface area contributed by atoms with Crippen molar-refractivity contribution in [1.29, 1.82) is 0 Å². The molecule has 1 saturated heterocycles. The first-order valence-electron chi connectivity index (χ1n) is 9.01. The molecular weight excluding hydrogens is 361 g/mol. The first kappa shape index (κ1) is 19.4. The fourth-order valence-electron chi connectivity index (χ4n) is 3.88. The molecule has 3 rings (SSSR count). The number of carbonyl (C=O) groups excluding carboxylic acids is 3. The molecule has 1 aromatic carbocycles. The number of amides is 3. The van der Waals surface area contributed by atoms with Gasteiger partial charge in [-0.05, 0) is 37.5 Å². The number of carbonyl (C=O) groups is 3. The molecule has 3 amide bonds. The van der Waals surface area contributed by atoms with E-state index in [9.17, 15) is 27.6 Å². The van der Waals surface area contributed by atoms with Gasteiger partial charge in [-0.2, -0.15) is 13.2 Å². The summed E-state index contributed by atoms with van der Waals surface area (Å²) in [5.41, 5.74) is -0.505. The van der Waals surface area contributed by atoms with E-state index in [0.29, 0.717) is 12.8 Å². The van der Waals surface area contributed by atoms with Crippen LogP contribution >= 0.6 is 0 Å². The molecule has 1 aliphatic carbocycles. The van der Waals surface area contributed by atoms with Gasteiger partial charge in [-0.25, -0.2) is 0 Å². The standard InChI is InChI=1S/C19H21F3N2O3/c1-11(24-17(26)14-7-2-3-8-15(14)18(24)27)16(25)23-10-12-5-4-6-13(9-12)19(20,21)22/h4-6,9,11,14-15H,2-3,7-8,10H2,1H3,(H,23,25)/t11-,14?,15?/m0/s1. The van der Waals surface area contributed by atoms with Gasteiger partial charge in [-0.1, -0.05) is 25.0 Å². The van der Waals surface area contributed by atoms with E-state index in [-0.39, 0.29) is 35.8 Å². The molecule has 27 heavy (non-hydrogen) atoms. The lowest BCUT2D eigenvalue weighted by atomic mass is 9.81. The molecule has 0 radical (unpaired) electrons. The molecular formula is C19H21F3N2O3. The molecule has 1 heterocycles. The van der Waals surface area contributed by atoms with E-state index in [2.05, 4.69) is 5.32 Å². The highest BCUT2D eigenvalue weighted by atomic mass is 19.4. The summed E-state index contributed by atoms with van der Waals surface area (Å²) in [6, 6.07) is 3.68. The zero-order valence-corrected chi connectivity index (χ0v) is 14.9. The quantitative estimate of drug-likeness (QED) is 0.815. The van der Waals surface area contributed by atoms with Crippen molar-refractivity contribution in [3.05, 3.63) is 35.4 Å². The van der Waals surface area contributed by atoms with Crippen molar-refractivity contribution in [1.82, 2.24) is 10.2 Å². The van der Waals surface area contributed by atoms with E-state index in [1.165, 1.54) is 19.1 Å². The Morgan fingerprint density at radius 3 is 2.33 bits per heavy atom. The summed E-state index contributed by atoms with van der Waals surface area (Å²) in [7, 11) is 0. The molecule has 0 aromatic heterocycles. The number of likely N-dealkylation sites (tertiary alicyclic amines) is 1. The van der Waals surface area contributed by atoms with Crippen molar-refractivity contribution in [3.63, 3.8) is 0 Å². The van der Waals surface area contributed by atoms with E-state index in [0.717, 1.165) is 29.9 Å². The highest BCUT2D eigenvalue weighted by molar-refractivity contribution is 6.08. The van der Waals surface area contributed by atoms with Crippen LogP contribution < -0.4 is 5.32 Å². The van der Waals surface area contributed by atoms with Crippen LogP contribution in [0.5, 0.6) is 0 Å². The first-order chi connectivity index (χ1) is 12.7. The van der Waals surface area contributed by atoms with Crippen LogP contribution in [0.3, 0.4) is 0 Å². The summed E-state index contributed by atoms with van der Waals surface area (Å²) in [5.74, 6) is -1.87. The number of halogens is 3. The van der Waals surface area contributed by atoms with E-state index < -0.39 is 23.7 Å². The number of rotatable bonds is 4. The predicted molar refractivity (Wildman–Crippen MR) is 90.1 cm³/mol. The number of hydrogen-bond acceptors (Lipinski definition) is 3. The Hall–Kier alpha value is -2.38. The minimum atomic E-state index is -4.46. The van der Waals surface area contributed by atoms with Crippen LogP contribution in [-0.4, -0.2) is 28.7 Å². The lowest BCUT2D eigenvalue weighted by Crippen LogP contribution is -2.48. The molecule has 1 aliphatic heterocycles. The van der Waals surface area contributed by atoms with Crippen molar-refractivity contribution >= 4 is 17.7 Å². The number of nitrogens with zero attached hydrogens (tertiary/aromatic N) is 1. The first-order valence-corrected chi connectivity index (χ1v) is 9.01. The number of fused-ring (bicyclic) bond motifs is 1. The van der Waals surface area contributed by atoms with Crippen LogP contribution in [0.25, 0.3) is 0 Å². The van der Waals surface area contributed by atoms with Gasteiger partial charge < -0.3 is 5.32 Å². The van der Waals surface area contributed by atoms with Crippen molar-refractivity contribution < 1.29 is 27.6 Å². The van der Waals surface area contributed by atoms with Gasteiger partial charge in [0.2, 0.25) is 17.7 Å². The third-order valence-corrected chi connectivity index (χ3v) is 5.36. The Morgan fingerprint density at radius 1 is 1.19 bits per heavy atom. The number of alkyl halides is 3. The molecule has 5 nitrogen and oxygen atoms in total. The third kappa shape index (κ3) is 3.84. The molecule has 0 bridgehead atoms. The van der Waals surface area contributed by atoms with Gasteiger partial charge in [0.1, 0.15) is 6.04 Å². The number of hydrogen-bond donors (Lipinski definition) is 1. The summed E-state index contributed by atoms with van der Waals surface area (Å²) < 4.78 is 38.3. The molecule has 0 spiro atoms. The number of imide groups is 1. The Morgan fingerprint density at radius 2 is 1.78 bits per heavy atom. The lowest BCUT2D eigenvalue weighted by Gasteiger charge is -2.22. The molecule has 2 unspecified atom stereocenters. The Kier molecular flexibility index (Phi) is 5.26. The summed E-state index contributed by atoms with van der Waals surface area (Å²) in [6.07, 6.45) is -1.36. The van der Waals surface area contributed by atoms with E-state index >= 15 is 0 Å². The van der Waals surface area contributed by atoms with Gasteiger partial charge in [0.05, 0.1) is 17.4 Å². The summed E-state index contributed by atoms with van der Waals surface area (Å²) >= 11 is 0. The monoisotopic (exact) mass is 382 g/mol. The second kappa shape index (κ2) is 7.32. The van der Waals surface area contributed by atoms with Gasteiger partial charge in [-0.15, -0.1) is 0 Å². The zero-order valence-electron chi connectivity index (χ0n) is 14.9. The van der Waals surface area contributed by atoms with Crippen LogP contribution in [0, 0.1) is 11.8 Å². The number of benzene rings is 1. The molecule has 3 atom stereocenters. The maximum absolute atomic E-state index is 12.8. The molecule has 146 valence electrons. The van der Waals surface area contributed by atoms with Crippen molar-refractivity contribution in [3.8, 4) is 0 Å². The fourth-order valence-corrected chi connectivity index (χ4v) is 3.88. The van der Waals surface area contributed by atoms with Gasteiger partial charge in [0, 0.05) is 6.54 Å². The average molecular weight is 382 g/mol. The average Bonchev–Trinajstić information content (AvgIpc) is 2.90. The molecule has 1 aromatic rings. The van der Waals surface area contributed by atoms with Crippen LogP contribution in [0.4, 0.5) is 13.2 Å². The highest BCUT2D eigenvalue weighted by Crippen LogP contribution is 2.38. The molecule has 1 N–H and O–H groups in total. The normalized spacial score (nSPS) is 23.9. The van der Waals surface area contributed by atoms with Gasteiger partial charge in [0.15, 0.2) is 0 Å². The van der Waals surface area contributed by atoms with E-state index in [4.69, 9.17) is 0 Å². The lowest BCUT2D eigenvalue weighted by molar-refractivity contribution is -0.147. The molecule has 8 heteroatoms. The van der Waals surface area contributed by atoms with Crippen LogP contribution in [0.15, 0.2) is 24.3 Å². The van der Waals surface area contributed by atoms with Crippen molar-refractivity contribution in [2.45, 2.75) is 51.4 Å². The highest BCUT2D eigenvalue weighted by Gasteiger charge is 2.50. The SMILES string of the molecule is C[C@@H](C(=O)NCc1cccc(C(F)(F)F)c1)N1C(=O)C2CCCCC2C1=O. The largest absolute Gasteiger partial charge is 0.416 e. The Balaban J connectivity index is 1.65. The maximum Gasteiger partial charge on any atom is 0.416 e. The third-order valence-electron chi connectivity index (χ3n) is 5.36. The minimum Gasteiger partial charge on any atom is -0.350 e. The smallest absolute Gasteiger partial charge is 0.350 e. The van der Waals surface area contributed by atoms with Gasteiger partial charge in [0.25, 0.3) is 0 Å². The second-order valence-electron chi connectivity index (χ2n) is 7.14. The van der Waals surface area contributed by atoms with E-state index in [1.54, 1.807) is 0 Å². The maximum atomic E-state index is 12.8.